The maximum Gasteiger partial charge on any atom is 0.410 e. The molecule has 0 aliphatic carbocycles. The molecule has 174 valence electrons. The number of hydrogen-bond donors (Lipinski definition) is 1. The van der Waals surface area contributed by atoms with E-state index in [9.17, 15) is 4.79 Å². The lowest BCUT2D eigenvalue weighted by atomic mass is 10.0. The molecule has 0 bridgehead atoms. The molecule has 1 atom stereocenters. The number of nitrogens with one attached hydrogen (secondary N) is 1. The average Bonchev–Trinajstić information content (AvgIpc) is 3.46. The summed E-state index contributed by atoms with van der Waals surface area (Å²) in [5, 5.41) is 2.22. The molecule has 0 unspecified atom stereocenters. The van der Waals surface area contributed by atoms with Gasteiger partial charge in [-0.05, 0) is 54.6 Å². The number of benzene rings is 2. The molecule has 2 fully saturated rings. The number of aromatic nitrogens is 2. The number of pyridine rings is 1. The number of cyclic esters (lactones) is 1. The molecule has 7 nitrogen and oxygen atoms in total. The van der Waals surface area contributed by atoms with Crippen LogP contribution >= 0.6 is 0 Å². The number of piperidine rings is 1. The number of aromatic amines is 1. The molecule has 34 heavy (non-hydrogen) atoms. The predicted molar refractivity (Wildman–Crippen MR) is 131 cm³/mol. The summed E-state index contributed by atoms with van der Waals surface area (Å²) in [6.45, 7) is 3.40. The van der Waals surface area contributed by atoms with E-state index in [1.807, 2.05) is 29.2 Å². The monoisotopic (exact) mass is 456 g/mol. The molecule has 2 aromatic carbocycles. The number of methoxy groups -OCH3 is 1. The first kappa shape index (κ1) is 21.0. The summed E-state index contributed by atoms with van der Waals surface area (Å²) in [5.41, 5.74) is 4.27. The van der Waals surface area contributed by atoms with Crippen molar-refractivity contribution in [3.63, 3.8) is 0 Å². The quantitative estimate of drug-likeness (QED) is 0.463. The van der Waals surface area contributed by atoms with Crippen molar-refractivity contribution in [1.82, 2.24) is 19.8 Å². The molecule has 6 rings (SSSR count). The predicted octanol–water partition coefficient (Wildman–Crippen LogP) is 4.88. The third-order valence-corrected chi connectivity index (χ3v) is 7.15. The second-order valence-corrected chi connectivity index (χ2v) is 9.20. The number of nitrogens with zero attached hydrogens (tertiary/aromatic N) is 3. The number of para-hydroxylation sites is 1. The molecule has 2 aliphatic rings. The zero-order chi connectivity index (χ0) is 23.1. The van der Waals surface area contributed by atoms with Crippen molar-refractivity contribution in [2.45, 2.75) is 31.5 Å². The van der Waals surface area contributed by atoms with Crippen LogP contribution < -0.4 is 4.74 Å². The number of carbonyl (C=O) groups excluding carboxylic acids is 1. The van der Waals surface area contributed by atoms with Gasteiger partial charge in [-0.15, -0.1) is 0 Å². The Morgan fingerprint density at radius 1 is 1.12 bits per heavy atom. The highest BCUT2D eigenvalue weighted by Crippen LogP contribution is 2.34. The van der Waals surface area contributed by atoms with Crippen molar-refractivity contribution < 1.29 is 14.3 Å². The van der Waals surface area contributed by atoms with Crippen LogP contribution in [0.25, 0.3) is 21.8 Å². The first-order chi connectivity index (χ1) is 16.7. The van der Waals surface area contributed by atoms with E-state index in [-0.39, 0.29) is 18.2 Å². The van der Waals surface area contributed by atoms with Gasteiger partial charge in [0.1, 0.15) is 11.9 Å². The van der Waals surface area contributed by atoms with Gasteiger partial charge < -0.3 is 19.4 Å². The average molecular weight is 457 g/mol. The van der Waals surface area contributed by atoms with Gasteiger partial charge in [0, 0.05) is 54.0 Å². The normalized spacial score (nSPS) is 19.7. The van der Waals surface area contributed by atoms with Gasteiger partial charge in [0.15, 0.2) is 0 Å². The Morgan fingerprint density at radius 3 is 2.79 bits per heavy atom. The van der Waals surface area contributed by atoms with Gasteiger partial charge in [-0.1, -0.05) is 18.2 Å². The van der Waals surface area contributed by atoms with Gasteiger partial charge in [-0.2, -0.15) is 0 Å². The molecular formula is C27H28N4O3. The third-order valence-electron chi connectivity index (χ3n) is 7.15. The van der Waals surface area contributed by atoms with Crippen molar-refractivity contribution in [3.05, 3.63) is 72.1 Å². The smallest absolute Gasteiger partial charge is 0.410 e. The van der Waals surface area contributed by atoms with Crippen LogP contribution in [0.4, 0.5) is 4.79 Å². The topological polar surface area (TPSA) is 70.7 Å². The highest BCUT2D eigenvalue weighted by atomic mass is 16.6. The van der Waals surface area contributed by atoms with Crippen LogP contribution in [0, 0.1) is 0 Å². The molecule has 1 N–H and O–H groups in total. The molecule has 2 aromatic heterocycles. The summed E-state index contributed by atoms with van der Waals surface area (Å²) in [4.78, 5) is 25.2. The largest absolute Gasteiger partial charge is 0.497 e. The zero-order valence-corrected chi connectivity index (χ0v) is 19.2. The van der Waals surface area contributed by atoms with Gasteiger partial charge in [-0.25, -0.2) is 4.79 Å². The number of amides is 1. The molecule has 4 heterocycles. The van der Waals surface area contributed by atoms with Crippen LogP contribution in [0.2, 0.25) is 0 Å². The number of likely N-dealkylation sites (tertiary alicyclic amines) is 1. The van der Waals surface area contributed by atoms with E-state index in [0.717, 1.165) is 54.7 Å². The number of rotatable bonds is 5. The fourth-order valence-electron chi connectivity index (χ4n) is 5.34. The van der Waals surface area contributed by atoms with E-state index in [4.69, 9.17) is 9.47 Å². The van der Waals surface area contributed by atoms with Crippen LogP contribution in [0.15, 0.2) is 60.8 Å². The third kappa shape index (κ3) is 3.86. The second-order valence-electron chi connectivity index (χ2n) is 9.20. The standard InChI is InChI=1S/C27H28N4O3/c1-33-21-6-7-25-23(15-21)22(8-11-28-25)26-17-31(27(32)34-26)20-9-12-30(13-10-20)16-19-14-18-4-2-3-5-24(18)29-19/h2-8,11,14-15,20,26,29H,9-10,12-13,16-17H2,1H3/t26-/m0/s1. The Hall–Kier alpha value is -3.58. The molecule has 0 spiro atoms. The Balaban J connectivity index is 1.12. The molecule has 1 amide bonds. The van der Waals surface area contributed by atoms with Gasteiger partial charge in [0.2, 0.25) is 0 Å². The molecule has 0 radical (unpaired) electrons. The van der Waals surface area contributed by atoms with Crippen molar-refractivity contribution in [3.8, 4) is 5.75 Å². The van der Waals surface area contributed by atoms with Crippen molar-refractivity contribution >= 4 is 27.9 Å². The van der Waals surface area contributed by atoms with E-state index >= 15 is 0 Å². The molecule has 4 aromatic rings. The molecular weight excluding hydrogens is 428 g/mol. The Bertz CT molecular complexity index is 1310. The number of ether oxygens (including phenoxy) is 2. The van der Waals surface area contributed by atoms with E-state index in [1.54, 1.807) is 13.3 Å². The van der Waals surface area contributed by atoms with Crippen LogP contribution in [-0.4, -0.2) is 58.6 Å². The van der Waals surface area contributed by atoms with Crippen molar-refractivity contribution in [2.24, 2.45) is 0 Å². The van der Waals surface area contributed by atoms with Gasteiger partial charge in [-0.3, -0.25) is 9.88 Å². The first-order valence-corrected chi connectivity index (χ1v) is 11.9. The minimum Gasteiger partial charge on any atom is -0.497 e. The van der Waals surface area contributed by atoms with Crippen LogP contribution in [-0.2, 0) is 11.3 Å². The Labute approximate surface area is 198 Å². The molecule has 2 saturated heterocycles. The fourth-order valence-corrected chi connectivity index (χ4v) is 5.34. The van der Waals surface area contributed by atoms with Gasteiger partial charge >= 0.3 is 6.09 Å². The lowest BCUT2D eigenvalue weighted by Crippen LogP contribution is -2.45. The summed E-state index contributed by atoms with van der Waals surface area (Å²) < 4.78 is 11.2. The van der Waals surface area contributed by atoms with Crippen molar-refractivity contribution in [2.75, 3.05) is 26.7 Å². The van der Waals surface area contributed by atoms with Crippen LogP contribution in [0.1, 0.15) is 30.2 Å². The van der Waals surface area contributed by atoms with Crippen LogP contribution in [0.3, 0.4) is 0 Å². The SMILES string of the molecule is COc1ccc2nccc([C@@H]3CN(C4CCN(Cc5cc6ccccc6[nH]5)CC4)C(=O)O3)c2c1. The summed E-state index contributed by atoms with van der Waals surface area (Å²) >= 11 is 0. The van der Waals surface area contributed by atoms with Crippen LogP contribution in [0.5, 0.6) is 5.75 Å². The Morgan fingerprint density at radius 2 is 1.97 bits per heavy atom. The summed E-state index contributed by atoms with van der Waals surface area (Å²) in [7, 11) is 1.65. The Kier molecular flexibility index (Phi) is 5.34. The maximum atomic E-state index is 12.8. The second kappa shape index (κ2) is 8.65. The minimum absolute atomic E-state index is 0.208. The van der Waals surface area contributed by atoms with E-state index < -0.39 is 0 Å². The number of carbonyl (C=O) groups is 1. The van der Waals surface area contributed by atoms with Gasteiger partial charge in [0.05, 0.1) is 19.2 Å². The highest BCUT2D eigenvalue weighted by molar-refractivity contribution is 5.85. The molecule has 0 saturated carbocycles. The lowest BCUT2D eigenvalue weighted by Gasteiger charge is -2.35. The number of fused-ring (bicyclic) bond motifs is 2. The molecule has 7 heteroatoms. The first-order valence-electron chi connectivity index (χ1n) is 11.9. The maximum absolute atomic E-state index is 12.8. The zero-order valence-electron chi connectivity index (χ0n) is 19.2. The number of H-pyrrole nitrogens is 1. The lowest BCUT2D eigenvalue weighted by molar-refractivity contribution is 0.110. The summed E-state index contributed by atoms with van der Waals surface area (Å²) in [6.07, 6.45) is 3.17. The van der Waals surface area contributed by atoms with Gasteiger partial charge in [0.25, 0.3) is 0 Å². The van der Waals surface area contributed by atoms with Crippen molar-refractivity contribution in [1.29, 1.82) is 0 Å². The van der Waals surface area contributed by atoms with E-state index in [2.05, 4.69) is 45.2 Å². The summed E-state index contributed by atoms with van der Waals surface area (Å²) in [5.74, 6) is 0.769. The fraction of sp³-hybridized carbons (Fsp3) is 0.333. The highest BCUT2D eigenvalue weighted by Gasteiger charge is 2.38. The van der Waals surface area contributed by atoms with E-state index in [0.29, 0.717) is 6.54 Å². The minimum atomic E-state index is -0.297. The number of hydrogen-bond acceptors (Lipinski definition) is 5. The summed E-state index contributed by atoms with van der Waals surface area (Å²) in [6, 6.07) is 18.6. The molecule has 2 aliphatic heterocycles. The van der Waals surface area contributed by atoms with E-state index in [1.165, 1.54) is 16.6 Å².